The third-order valence-electron chi connectivity index (χ3n) is 2.08. The smallest absolute Gasteiger partial charge is 0.224 e. The molecule has 0 saturated carbocycles. The Labute approximate surface area is 97.2 Å². The molecule has 4 nitrogen and oxygen atoms in total. The van der Waals surface area contributed by atoms with E-state index in [9.17, 15) is 13.6 Å². The van der Waals surface area contributed by atoms with E-state index in [0.29, 0.717) is 0 Å². The van der Waals surface area contributed by atoms with Crippen molar-refractivity contribution in [3.63, 3.8) is 0 Å². The highest BCUT2D eigenvalue weighted by Crippen LogP contribution is 2.24. The molecule has 1 aromatic rings. The zero-order valence-electron chi connectivity index (χ0n) is 9.30. The van der Waals surface area contributed by atoms with Gasteiger partial charge >= 0.3 is 0 Å². The minimum absolute atomic E-state index is 0.0452. The molecule has 1 rings (SSSR count). The maximum Gasteiger partial charge on any atom is 0.224 e. The van der Waals surface area contributed by atoms with Crippen LogP contribution in [0.25, 0.3) is 0 Å². The average molecular weight is 245 g/mol. The predicted octanol–water partition coefficient (Wildman–Crippen LogP) is 1.68. The Balaban J connectivity index is 2.78. The van der Waals surface area contributed by atoms with Gasteiger partial charge in [0.2, 0.25) is 5.91 Å². The first-order valence-corrected chi connectivity index (χ1v) is 5.02. The Morgan fingerprint density at radius 1 is 1.41 bits per heavy atom. The van der Waals surface area contributed by atoms with Crippen LogP contribution < -0.4 is 10.1 Å². The topological polar surface area (TPSA) is 58.6 Å². The summed E-state index contributed by atoms with van der Waals surface area (Å²) in [5.74, 6) is -2.25. The Hall–Kier alpha value is -1.69. The number of hydrogen-bond donors (Lipinski definition) is 2. The van der Waals surface area contributed by atoms with Gasteiger partial charge in [-0.3, -0.25) is 4.79 Å². The van der Waals surface area contributed by atoms with Crippen LogP contribution in [-0.4, -0.2) is 24.7 Å². The molecule has 0 atom stereocenters. The fraction of sp³-hybridized carbons (Fsp3) is 0.364. The third-order valence-corrected chi connectivity index (χ3v) is 2.08. The molecule has 1 amide bonds. The number of rotatable bonds is 5. The van der Waals surface area contributed by atoms with Gasteiger partial charge in [-0.1, -0.05) is 0 Å². The van der Waals surface area contributed by atoms with Crippen molar-refractivity contribution >= 4 is 11.6 Å². The largest absolute Gasteiger partial charge is 0.494 e. The van der Waals surface area contributed by atoms with Crippen molar-refractivity contribution in [3.05, 3.63) is 23.8 Å². The number of anilines is 1. The van der Waals surface area contributed by atoms with E-state index in [4.69, 9.17) is 5.11 Å². The minimum atomic E-state index is -0.777. The van der Waals surface area contributed by atoms with Crippen LogP contribution in [0.4, 0.5) is 14.5 Å². The van der Waals surface area contributed by atoms with E-state index in [1.807, 2.05) is 0 Å². The monoisotopic (exact) mass is 245 g/mol. The van der Waals surface area contributed by atoms with Crippen LogP contribution in [0.2, 0.25) is 0 Å². The Morgan fingerprint density at radius 2 is 2.12 bits per heavy atom. The van der Waals surface area contributed by atoms with E-state index < -0.39 is 17.5 Å². The SMILES string of the molecule is COc1cc(F)c(NC(=O)CCCO)cc1F. The number of amides is 1. The second-order valence-electron chi connectivity index (χ2n) is 3.34. The molecule has 0 bridgehead atoms. The van der Waals surface area contributed by atoms with E-state index >= 15 is 0 Å². The molecule has 2 N–H and O–H groups in total. The van der Waals surface area contributed by atoms with Gasteiger partial charge in [0.05, 0.1) is 12.8 Å². The van der Waals surface area contributed by atoms with Crippen LogP contribution in [0.5, 0.6) is 5.75 Å². The Bertz CT molecular complexity index is 410. The number of carbonyl (C=O) groups excluding carboxylic acids is 1. The van der Waals surface area contributed by atoms with Crippen molar-refractivity contribution in [2.45, 2.75) is 12.8 Å². The number of aliphatic hydroxyl groups excluding tert-OH is 1. The van der Waals surface area contributed by atoms with Gasteiger partial charge in [0.25, 0.3) is 0 Å². The first-order valence-electron chi connectivity index (χ1n) is 5.02. The molecular formula is C11H13F2NO3. The number of methoxy groups -OCH3 is 1. The van der Waals surface area contributed by atoms with Gasteiger partial charge in [0.1, 0.15) is 0 Å². The second-order valence-corrected chi connectivity index (χ2v) is 3.34. The van der Waals surface area contributed by atoms with Crippen LogP contribution in [0.1, 0.15) is 12.8 Å². The first kappa shape index (κ1) is 13.4. The summed E-state index contributed by atoms with van der Waals surface area (Å²) in [5.41, 5.74) is -0.244. The fourth-order valence-corrected chi connectivity index (χ4v) is 1.23. The molecular weight excluding hydrogens is 232 g/mol. The molecule has 0 spiro atoms. The normalized spacial score (nSPS) is 10.1. The number of hydrogen-bond acceptors (Lipinski definition) is 3. The van der Waals surface area contributed by atoms with Gasteiger partial charge < -0.3 is 15.2 Å². The number of benzene rings is 1. The summed E-state index contributed by atoms with van der Waals surface area (Å²) in [4.78, 5) is 11.2. The summed E-state index contributed by atoms with van der Waals surface area (Å²) in [5, 5.41) is 10.7. The predicted molar refractivity (Wildman–Crippen MR) is 57.9 cm³/mol. The standard InChI is InChI=1S/C11H13F2NO3/c1-17-10-6-7(12)9(5-8(10)13)14-11(16)3-2-4-15/h5-6,15H,2-4H2,1H3,(H,14,16). The number of aliphatic hydroxyl groups is 1. The Morgan fingerprint density at radius 3 is 2.71 bits per heavy atom. The first-order chi connectivity index (χ1) is 8.08. The highest BCUT2D eigenvalue weighted by atomic mass is 19.1. The molecule has 0 aliphatic rings. The molecule has 0 aliphatic carbocycles. The lowest BCUT2D eigenvalue weighted by molar-refractivity contribution is -0.116. The van der Waals surface area contributed by atoms with Crippen LogP contribution in [-0.2, 0) is 4.79 Å². The van der Waals surface area contributed by atoms with E-state index in [-0.39, 0.29) is 30.9 Å². The number of halogens is 2. The Kier molecular flexibility index (Phi) is 4.84. The molecule has 0 heterocycles. The van der Waals surface area contributed by atoms with E-state index in [1.165, 1.54) is 7.11 Å². The molecule has 1 aromatic carbocycles. The van der Waals surface area contributed by atoms with Gasteiger partial charge in [-0.05, 0) is 6.42 Å². The summed E-state index contributed by atoms with van der Waals surface area (Å²) >= 11 is 0. The maximum absolute atomic E-state index is 13.4. The summed E-state index contributed by atoms with van der Waals surface area (Å²) in [7, 11) is 1.22. The molecule has 0 aromatic heterocycles. The highest BCUT2D eigenvalue weighted by Gasteiger charge is 2.12. The van der Waals surface area contributed by atoms with Crippen LogP contribution in [0, 0.1) is 11.6 Å². The van der Waals surface area contributed by atoms with Crippen molar-refractivity contribution in [3.8, 4) is 5.75 Å². The van der Waals surface area contributed by atoms with E-state index in [1.54, 1.807) is 0 Å². The summed E-state index contributed by atoms with van der Waals surface area (Å²) < 4.78 is 31.2. The number of carbonyl (C=O) groups is 1. The van der Waals surface area contributed by atoms with E-state index in [0.717, 1.165) is 12.1 Å². The molecule has 0 saturated heterocycles. The molecule has 0 radical (unpaired) electrons. The summed E-state index contributed by atoms with van der Waals surface area (Å²) in [6.07, 6.45) is 0.315. The molecule has 94 valence electrons. The summed E-state index contributed by atoms with van der Waals surface area (Å²) in [6, 6.07) is 1.71. The lowest BCUT2D eigenvalue weighted by atomic mass is 10.2. The van der Waals surface area contributed by atoms with Gasteiger partial charge in [-0.15, -0.1) is 0 Å². The van der Waals surface area contributed by atoms with Gasteiger partial charge in [0.15, 0.2) is 17.4 Å². The number of ether oxygens (including phenoxy) is 1. The van der Waals surface area contributed by atoms with Gasteiger partial charge in [-0.25, -0.2) is 8.78 Å². The molecule has 0 unspecified atom stereocenters. The zero-order valence-corrected chi connectivity index (χ0v) is 9.30. The molecule has 0 aliphatic heterocycles. The van der Waals surface area contributed by atoms with Crippen molar-refractivity contribution in [1.29, 1.82) is 0 Å². The minimum Gasteiger partial charge on any atom is -0.494 e. The van der Waals surface area contributed by atoms with Crippen LogP contribution in [0.3, 0.4) is 0 Å². The maximum atomic E-state index is 13.4. The highest BCUT2D eigenvalue weighted by molar-refractivity contribution is 5.90. The summed E-state index contributed by atoms with van der Waals surface area (Å²) in [6.45, 7) is -0.132. The average Bonchev–Trinajstić information content (AvgIpc) is 2.30. The van der Waals surface area contributed by atoms with Crippen molar-refractivity contribution in [1.82, 2.24) is 0 Å². The molecule has 17 heavy (non-hydrogen) atoms. The third kappa shape index (κ3) is 3.67. The van der Waals surface area contributed by atoms with Crippen LogP contribution in [0.15, 0.2) is 12.1 Å². The lowest BCUT2D eigenvalue weighted by Crippen LogP contribution is -2.13. The lowest BCUT2D eigenvalue weighted by Gasteiger charge is -2.08. The molecule has 0 fully saturated rings. The van der Waals surface area contributed by atoms with Crippen molar-refractivity contribution in [2.24, 2.45) is 0 Å². The zero-order chi connectivity index (χ0) is 12.8. The second kappa shape index (κ2) is 6.15. The van der Waals surface area contributed by atoms with Crippen LogP contribution >= 0.6 is 0 Å². The van der Waals surface area contributed by atoms with Gasteiger partial charge in [-0.2, -0.15) is 0 Å². The van der Waals surface area contributed by atoms with Crippen molar-refractivity contribution in [2.75, 3.05) is 19.0 Å². The van der Waals surface area contributed by atoms with E-state index in [2.05, 4.69) is 10.1 Å². The fourth-order valence-electron chi connectivity index (χ4n) is 1.23. The molecule has 6 heteroatoms. The van der Waals surface area contributed by atoms with Gasteiger partial charge in [0, 0.05) is 25.2 Å². The quantitative estimate of drug-likeness (QED) is 0.829. The number of nitrogens with one attached hydrogen (secondary N) is 1. The van der Waals surface area contributed by atoms with Crippen molar-refractivity contribution < 1.29 is 23.4 Å².